The summed E-state index contributed by atoms with van der Waals surface area (Å²) in [4.78, 5) is 16.6. The molecule has 0 saturated carbocycles. The van der Waals surface area contributed by atoms with Gasteiger partial charge in [-0.25, -0.2) is 0 Å². The predicted molar refractivity (Wildman–Crippen MR) is 73.3 cm³/mol. The van der Waals surface area contributed by atoms with E-state index in [0.717, 1.165) is 16.6 Å². The summed E-state index contributed by atoms with van der Waals surface area (Å²) in [5, 5.41) is 1.09. The van der Waals surface area contributed by atoms with E-state index in [0.29, 0.717) is 13.0 Å². The van der Waals surface area contributed by atoms with Crippen LogP contribution in [0.25, 0.3) is 10.9 Å². The SMILES string of the molecule is CC(C)(CN)C(=O)Cc1ccc2ccccc2n1. The minimum atomic E-state index is -0.479. The summed E-state index contributed by atoms with van der Waals surface area (Å²) in [6.45, 7) is 4.10. The number of carbonyl (C=O) groups is 1. The molecule has 0 aliphatic carbocycles. The lowest BCUT2D eigenvalue weighted by molar-refractivity contribution is -0.126. The Hall–Kier alpha value is -1.74. The van der Waals surface area contributed by atoms with Crippen molar-refractivity contribution in [2.75, 3.05) is 6.54 Å². The molecule has 0 unspecified atom stereocenters. The number of rotatable bonds is 4. The van der Waals surface area contributed by atoms with Crippen molar-refractivity contribution in [3.05, 3.63) is 42.1 Å². The number of benzene rings is 1. The zero-order valence-corrected chi connectivity index (χ0v) is 10.8. The van der Waals surface area contributed by atoms with Gasteiger partial charge in [-0.1, -0.05) is 38.1 Å². The van der Waals surface area contributed by atoms with E-state index in [1.807, 2.05) is 50.2 Å². The Kier molecular flexibility index (Phi) is 3.43. The first-order valence-corrected chi connectivity index (χ1v) is 6.11. The van der Waals surface area contributed by atoms with Gasteiger partial charge in [0.2, 0.25) is 0 Å². The van der Waals surface area contributed by atoms with Crippen LogP contribution in [0.2, 0.25) is 0 Å². The molecular formula is C15H18N2O. The number of para-hydroxylation sites is 1. The Bertz CT molecular complexity index is 575. The molecule has 0 spiro atoms. The maximum atomic E-state index is 12.1. The lowest BCUT2D eigenvalue weighted by Gasteiger charge is -2.20. The number of aromatic nitrogens is 1. The fourth-order valence-corrected chi connectivity index (χ4v) is 1.72. The molecule has 94 valence electrons. The van der Waals surface area contributed by atoms with Crippen molar-refractivity contribution in [2.24, 2.45) is 11.1 Å². The number of carbonyl (C=O) groups excluding carboxylic acids is 1. The zero-order valence-electron chi connectivity index (χ0n) is 10.8. The van der Waals surface area contributed by atoms with Crippen LogP contribution in [0.15, 0.2) is 36.4 Å². The minimum Gasteiger partial charge on any atom is -0.329 e. The molecule has 2 aromatic rings. The highest BCUT2D eigenvalue weighted by Gasteiger charge is 2.25. The smallest absolute Gasteiger partial charge is 0.145 e. The maximum absolute atomic E-state index is 12.1. The standard InChI is InChI=1S/C15H18N2O/c1-15(2,10-16)14(18)9-12-8-7-11-5-3-4-6-13(11)17-12/h3-8H,9-10,16H2,1-2H3. The number of hydrogen-bond donors (Lipinski definition) is 1. The number of ketones is 1. The van der Waals surface area contributed by atoms with Gasteiger partial charge >= 0.3 is 0 Å². The Morgan fingerprint density at radius 2 is 1.94 bits per heavy atom. The number of hydrogen-bond acceptors (Lipinski definition) is 3. The van der Waals surface area contributed by atoms with Crippen molar-refractivity contribution in [3.63, 3.8) is 0 Å². The zero-order chi connectivity index (χ0) is 13.2. The van der Waals surface area contributed by atoms with Gasteiger partial charge in [0.25, 0.3) is 0 Å². The molecule has 2 N–H and O–H groups in total. The summed E-state index contributed by atoms with van der Waals surface area (Å²) in [7, 11) is 0. The molecule has 0 atom stereocenters. The lowest BCUT2D eigenvalue weighted by atomic mass is 9.86. The predicted octanol–water partition coefficient (Wildman–Crippen LogP) is 2.33. The summed E-state index contributed by atoms with van der Waals surface area (Å²) in [6.07, 6.45) is 0.342. The lowest BCUT2D eigenvalue weighted by Crippen LogP contribution is -2.34. The van der Waals surface area contributed by atoms with E-state index in [1.165, 1.54) is 0 Å². The van der Waals surface area contributed by atoms with E-state index in [2.05, 4.69) is 4.98 Å². The van der Waals surface area contributed by atoms with Crippen LogP contribution in [0, 0.1) is 5.41 Å². The van der Waals surface area contributed by atoms with E-state index >= 15 is 0 Å². The van der Waals surface area contributed by atoms with Gasteiger partial charge in [-0.05, 0) is 12.1 Å². The summed E-state index contributed by atoms with van der Waals surface area (Å²) in [6, 6.07) is 11.8. The van der Waals surface area contributed by atoms with E-state index in [1.54, 1.807) is 0 Å². The normalized spacial score (nSPS) is 11.7. The van der Waals surface area contributed by atoms with Gasteiger partial charge in [-0.15, -0.1) is 0 Å². The first kappa shape index (κ1) is 12.7. The topological polar surface area (TPSA) is 56.0 Å². The number of Topliss-reactive ketones (excluding diaryl/α,β-unsaturated/α-hetero) is 1. The highest BCUT2D eigenvalue weighted by Crippen LogP contribution is 2.18. The quantitative estimate of drug-likeness (QED) is 0.895. The third-order valence-electron chi connectivity index (χ3n) is 3.26. The third-order valence-corrected chi connectivity index (χ3v) is 3.26. The molecule has 1 aromatic heterocycles. The van der Waals surface area contributed by atoms with Crippen LogP contribution in [-0.2, 0) is 11.2 Å². The van der Waals surface area contributed by atoms with E-state index in [9.17, 15) is 4.79 Å². The van der Waals surface area contributed by atoms with Crippen molar-refractivity contribution < 1.29 is 4.79 Å². The van der Waals surface area contributed by atoms with Crippen molar-refractivity contribution in [3.8, 4) is 0 Å². The molecule has 2 rings (SSSR count). The minimum absolute atomic E-state index is 0.132. The van der Waals surface area contributed by atoms with Crippen molar-refractivity contribution in [1.82, 2.24) is 4.98 Å². The van der Waals surface area contributed by atoms with Gasteiger partial charge in [-0.2, -0.15) is 0 Å². The van der Waals surface area contributed by atoms with Gasteiger partial charge in [0, 0.05) is 29.5 Å². The molecule has 0 aliphatic rings. The molecular weight excluding hydrogens is 224 g/mol. The average Bonchev–Trinajstić information content (AvgIpc) is 2.38. The first-order chi connectivity index (χ1) is 8.53. The molecule has 1 heterocycles. The molecule has 1 aromatic carbocycles. The van der Waals surface area contributed by atoms with E-state index in [4.69, 9.17) is 5.73 Å². The number of nitrogens with zero attached hydrogens (tertiary/aromatic N) is 1. The summed E-state index contributed by atoms with van der Waals surface area (Å²) in [5.41, 5.74) is 6.86. The Labute approximate surface area is 107 Å². The monoisotopic (exact) mass is 242 g/mol. The van der Waals surface area contributed by atoms with Crippen LogP contribution < -0.4 is 5.73 Å². The summed E-state index contributed by atoms with van der Waals surface area (Å²) >= 11 is 0. The Morgan fingerprint density at radius 1 is 1.22 bits per heavy atom. The number of pyridine rings is 1. The number of nitrogens with two attached hydrogens (primary N) is 1. The molecule has 3 nitrogen and oxygen atoms in total. The van der Waals surface area contributed by atoms with Gasteiger partial charge in [-0.3, -0.25) is 9.78 Å². The summed E-state index contributed by atoms with van der Waals surface area (Å²) < 4.78 is 0. The van der Waals surface area contributed by atoms with E-state index < -0.39 is 5.41 Å². The molecule has 0 bridgehead atoms. The van der Waals surface area contributed by atoms with Crippen LogP contribution in [0.1, 0.15) is 19.5 Å². The van der Waals surface area contributed by atoms with Gasteiger partial charge < -0.3 is 5.73 Å². The second-order valence-corrected chi connectivity index (χ2v) is 5.18. The average molecular weight is 242 g/mol. The Morgan fingerprint density at radius 3 is 2.67 bits per heavy atom. The number of fused-ring (bicyclic) bond motifs is 1. The highest BCUT2D eigenvalue weighted by molar-refractivity contribution is 5.87. The molecule has 18 heavy (non-hydrogen) atoms. The third kappa shape index (κ3) is 2.57. The van der Waals surface area contributed by atoms with Crippen LogP contribution in [0.3, 0.4) is 0 Å². The fraction of sp³-hybridized carbons (Fsp3) is 0.333. The second-order valence-electron chi connectivity index (χ2n) is 5.18. The van der Waals surface area contributed by atoms with Crippen molar-refractivity contribution in [2.45, 2.75) is 20.3 Å². The molecule has 3 heteroatoms. The van der Waals surface area contributed by atoms with Crippen molar-refractivity contribution >= 4 is 16.7 Å². The van der Waals surface area contributed by atoms with Gasteiger partial charge in [0.1, 0.15) is 5.78 Å². The van der Waals surface area contributed by atoms with E-state index in [-0.39, 0.29) is 5.78 Å². The molecule has 0 aliphatic heterocycles. The van der Waals surface area contributed by atoms with Crippen molar-refractivity contribution in [1.29, 1.82) is 0 Å². The van der Waals surface area contributed by atoms with Crippen LogP contribution >= 0.6 is 0 Å². The molecule has 0 radical (unpaired) electrons. The maximum Gasteiger partial charge on any atom is 0.145 e. The summed E-state index contributed by atoms with van der Waals surface area (Å²) in [5.74, 6) is 0.132. The second kappa shape index (κ2) is 4.86. The largest absolute Gasteiger partial charge is 0.329 e. The highest BCUT2D eigenvalue weighted by atomic mass is 16.1. The van der Waals surface area contributed by atoms with Crippen LogP contribution in [-0.4, -0.2) is 17.3 Å². The Balaban J connectivity index is 2.25. The first-order valence-electron chi connectivity index (χ1n) is 6.11. The molecule has 0 fully saturated rings. The van der Waals surface area contributed by atoms with Crippen LogP contribution in [0.5, 0.6) is 0 Å². The van der Waals surface area contributed by atoms with Gasteiger partial charge in [0.05, 0.1) is 5.52 Å². The molecule has 0 amide bonds. The molecule has 0 saturated heterocycles. The fourth-order valence-electron chi connectivity index (χ4n) is 1.72. The van der Waals surface area contributed by atoms with Gasteiger partial charge in [0.15, 0.2) is 0 Å². The van der Waals surface area contributed by atoms with Crippen LogP contribution in [0.4, 0.5) is 0 Å².